The van der Waals surface area contributed by atoms with Gasteiger partial charge in [-0.25, -0.2) is 4.98 Å². The summed E-state index contributed by atoms with van der Waals surface area (Å²) in [4.78, 5) is 31.8. The van der Waals surface area contributed by atoms with E-state index in [4.69, 9.17) is 0 Å². The molecule has 142 valence electrons. The van der Waals surface area contributed by atoms with E-state index >= 15 is 0 Å². The van der Waals surface area contributed by atoms with Gasteiger partial charge in [-0.1, -0.05) is 0 Å². The number of aryl methyl sites for hydroxylation is 1. The minimum atomic E-state index is -0.0484. The highest BCUT2D eigenvalue weighted by Gasteiger charge is 2.48. The first-order valence-corrected chi connectivity index (χ1v) is 10.7. The average molecular weight is 385 g/mol. The third kappa shape index (κ3) is 2.98. The van der Waals surface area contributed by atoms with Crippen molar-refractivity contribution in [3.05, 3.63) is 40.6 Å². The van der Waals surface area contributed by atoms with Crippen LogP contribution in [-0.2, 0) is 11.3 Å². The molecule has 0 radical (unpaired) electrons. The van der Waals surface area contributed by atoms with Gasteiger partial charge in [-0.05, 0) is 43.6 Å². The van der Waals surface area contributed by atoms with E-state index in [1.165, 1.54) is 0 Å². The SMILES string of the molecule is O=C(N[C@H]1c2nccn2CCC12CCN(C(=O)c1ccsc1)CC2)C1CC1. The van der Waals surface area contributed by atoms with Crippen LogP contribution in [-0.4, -0.2) is 39.4 Å². The predicted octanol–water partition coefficient (Wildman–Crippen LogP) is 2.84. The fourth-order valence-electron chi connectivity index (χ4n) is 4.62. The van der Waals surface area contributed by atoms with Crippen LogP contribution in [0.5, 0.6) is 0 Å². The molecular formula is C20H24N4O2S. The molecule has 4 heterocycles. The van der Waals surface area contributed by atoms with Gasteiger partial charge in [0.25, 0.3) is 5.91 Å². The summed E-state index contributed by atoms with van der Waals surface area (Å²) in [5.74, 6) is 1.47. The summed E-state index contributed by atoms with van der Waals surface area (Å²) in [5, 5.41) is 7.20. The lowest BCUT2D eigenvalue weighted by molar-refractivity contribution is -0.125. The Hall–Kier alpha value is -2.15. The van der Waals surface area contributed by atoms with Crippen LogP contribution in [0, 0.1) is 11.3 Å². The van der Waals surface area contributed by atoms with Gasteiger partial charge >= 0.3 is 0 Å². The van der Waals surface area contributed by atoms with E-state index in [2.05, 4.69) is 14.9 Å². The Kier molecular flexibility index (Phi) is 4.07. The third-order valence-electron chi connectivity index (χ3n) is 6.52. The topological polar surface area (TPSA) is 67.2 Å². The van der Waals surface area contributed by atoms with Crippen LogP contribution in [0.4, 0.5) is 0 Å². The molecule has 2 amide bonds. The number of carbonyl (C=O) groups excluding carboxylic acids is 2. The zero-order valence-electron chi connectivity index (χ0n) is 15.3. The van der Waals surface area contributed by atoms with Crippen molar-refractivity contribution in [3.8, 4) is 0 Å². The smallest absolute Gasteiger partial charge is 0.254 e. The first kappa shape index (κ1) is 17.0. The molecule has 7 heteroatoms. The summed E-state index contributed by atoms with van der Waals surface area (Å²) < 4.78 is 2.17. The number of nitrogens with zero attached hydrogens (tertiary/aromatic N) is 3. The number of piperidine rings is 1. The van der Waals surface area contributed by atoms with Crippen LogP contribution in [0.3, 0.4) is 0 Å². The molecule has 1 saturated heterocycles. The molecule has 1 spiro atoms. The van der Waals surface area contributed by atoms with Gasteiger partial charge in [-0.3, -0.25) is 9.59 Å². The highest BCUT2D eigenvalue weighted by atomic mass is 32.1. The number of fused-ring (bicyclic) bond motifs is 1. The molecule has 5 rings (SSSR count). The number of likely N-dealkylation sites (tertiary alicyclic amines) is 1. The molecule has 2 fully saturated rings. The Balaban J connectivity index is 1.36. The first-order valence-electron chi connectivity index (χ1n) is 9.79. The van der Waals surface area contributed by atoms with E-state index in [0.29, 0.717) is 0 Å². The molecular weight excluding hydrogens is 360 g/mol. The van der Waals surface area contributed by atoms with Crippen molar-refractivity contribution in [1.82, 2.24) is 19.8 Å². The lowest BCUT2D eigenvalue weighted by Gasteiger charge is -2.49. The number of thiophene rings is 1. The van der Waals surface area contributed by atoms with Crippen molar-refractivity contribution in [2.45, 2.75) is 44.7 Å². The van der Waals surface area contributed by atoms with Crippen LogP contribution in [0.1, 0.15) is 54.3 Å². The number of imidazole rings is 1. The van der Waals surface area contributed by atoms with Crippen LogP contribution in [0.15, 0.2) is 29.2 Å². The molecule has 0 bridgehead atoms. The zero-order valence-corrected chi connectivity index (χ0v) is 16.1. The molecule has 27 heavy (non-hydrogen) atoms. The number of carbonyl (C=O) groups is 2. The van der Waals surface area contributed by atoms with Gasteiger partial charge in [0, 0.05) is 48.7 Å². The quantitative estimate of drug-likeness (QED) is 0.885. The predicted molar refractivity (Wildman–Crippen MR) is 102 cm³/mol. The highest BCUT2D eigenvalue weighted by molar-refractivity contribution is 7.08. The second-order valence-electron chi connectivity index (χ2n) is 8.11. The number of hydrogen-bond donors (Lipinski definition) is 1. The van der Waals surface area contributed by atoms with Crippen molar-refractivity contribution < 1.29 is 9.59 Å². The van der Waals surface area contributed by atoms with Crippen molar-refractivity contribution in [2.75, 3.05) is 13.1 Å². The van der Waals surface area contributed by atoms with E-state index in [9.17, 15) is 9.59 Å². The maximum absolute atomic E-state index is 12.7. The maximum Gasteiger partial charge on any atom is 0.254 e. The summed E-state index contributed by atoms with van der Waals surface area (Å²) >= 11 is 1.56. The van der Waals surface area contributed by atoms with E-state index < -0.39 is 0 Å². The van der Waals surface area contributed by atoms with Crippen molar-refractivity contribution in [2.24, 2.45) is 11.3 Å². The summed E-state index contributed by atoms with van der Waals surface area (Å²) in [5.41, 5.74) is 0.783. The van der Waals surface area contributed by atoms with Gasteiger partial charge in [0.1, 0.15) is 5.82 Å². The van der Waals surface area contributed by atoms with Gasteiger partial charge in [0.05, 0.1) is 11.6 Å². The number of hydrogen-bond acceptors (Lipinski definition) is 4. The van der Waals surface area contributed by atoms with Crippen LogP contribution < -0.4 is 5.32 Å². The first-order chi connectivity index (χ1) is 13.2. The van der Waals surface area contributed by atoms with Gasteiger partial charge in [0.2, 0.25) is 5.91 Å². The van der Waals surface area contributed by atoms with Crippen molar-refractivity contribution >= 4 is 23.2 Å². The second-order valence-corrected chi connectivity index (χ2v) is 8.89. The van der Waals surface area contributed by atoms with Crippen molar-refractivity contribution in [1.29, 1.82) is 0 Å². The lowest BCUT2D eigenvalue weighted by Crippen LogP contribution is -2.52. The maximum atomic E-state index is 12.7. The summed E-state index contributed by atoms with van der Waals surface area (Å²) in [6, 6.07) is 1.85. The van der Waals surface area contributed by atoms with Crippen LogP contribution >= 0.6 is 11.3 Å². The summed E-state index contributed by atoms with van der Waals surface area (Å²) in [7, 11) is 0. The van der Waals surface area contributed by atoms with Gasteiger partial charge in [-0.15, -0.1) is 0 Å². The van der Waals surface area contributed by atoms with Crippen molar-refractivity contribution in [3.63, 3.8) is 0 Å². The van der Waals surface area contributed by atoms with E-state index in [-0.39, 0.29) is 29.2 Å². The number of amides is 2. The fraction of sp³-hybridized carbons (Fsp3) is 0.550. The Morgan fingerprint density at radius 1 is 1.19 bits per heavy atom. The largest absolute Gasteiger partial charge is 0.345 e. The van der Waals surface area contributed by atoms with E-state index in [1.807, 2.05) is 34.1 Å². The Morgan fingerprint density at radius 2 is 1.96 bits per heavy atom. The third-order valence-corrected chi connectivity index (χ3v) is 7.20. The highest BCUT2D eigenvalue weighted by Crippen LogP contribution is 2.49. The molecule has 1 N–H and O–H groups in total. The summed E-state index contributed by atoms with van der Waals surface area (Å²) in [6.07, 6.45) is 8.68. The molecule has 2 aromatic heterocycles. The minimum absolute atomic E-state index is 0.00265. The molecule has 6 nitrogen and oxygen atoms in total. The molecule has 1 aliphatic carbocycles. The van der Waals surface area contributed by atoms with Crippen LogP contribution in [0.2, 0.25) is 0 Å². The van der Waals surface area contributed by atoms with Crippen LogP contribution in [0.25, 0.3) is 0 Å². The van der Waals surface area contributed by atoms with Gasteiger partial charge in [-0.2, -0.15) is 11.3 Å². The zero-order chi connectivity index (χ0) is 18.4. The molecule has 1 saturated carbocycles. The second kappa shape index (κ2) is 6.48. The molecule has 0 aromatic carbocycles. The average Bonchev–Trinajstić information content (AvgIpc) is 3.19. The molecule has 0 unspecified atom stereocenters. The number of nitrogens with one attached hydrogen (secondary N) is 1. The van der Waals surface area contributed by atoms with Gasteiger partial charge in [0.15, 0.2) is 0 Å². The minimum Gasteiger partial charge on any atom is -0.345 e. The van der Waals surface area contributed by atoms with Gasteiger partial charge < -0.3 is 14.8 Å². The normalized spacial score (nSPS) is 23.9. The standard InChI is InChI=1S/C20H24N4O2S/c25-18(14-1-2-14)22-16-17-21-7-11-23(17)8-4-20(16)5-9-24(10-6-20)19(26)15-3-12-27-13-15/h3,7,11-14,16H,1-2,4-6,8-10H2,(H,22,25)/t16-/m0/s1. The summed E-state index contributed by atoms with van der Waals surface area (Å²) in [6.45, 7) is 2.42. The number of rotatable bonds is 3. The van der Waals surface area contributed by atoms with E-state index in [1.54, 1.807) is 11.3 Å². The fourth-order valence-corrected chi connectivity index (χ4v) is 5.25. The van der Waals surface area contributed by atoms with E-state index in [0.717, 1.165) is 63.1 Å². The molecule has 1 atom stereocenters. The Labute approximate surface area is 162 Å². The molecule has 2 aromatic rings. The Morgan fingerprint density at radius 3 is 2.67 bits per heavy atom. The number of aromatic nitrogens is 2. The molecule has 3 aliphatic rings. The lowest BCUT2D eigenvalue weighted by atomic mass is 9.68. The monoisotopic (exact) mass is 384 g/mol. The molecule has 2 aliphatic heterocycles. The Bertz CT molecular complexity index is 847.